The quantitative estimate of drug-likeness (QED) is 0.628. The van der Waals surface area contributed by atoms with Crippen molar-refractivity contribution in [3.63, 3.8) is 0 Å². The molecule has 0 aromatic carbocycles. The summed E-state index contributed by atoms with van der Waals surface area (Å²) in [5.41, 5.74) is 6.10. The Morgan fingerprint density at radius 2 is 2.17 bits per heavy atom. The summed E-state index contributed by atoms with van der Waals surface area (Å²) in [6.07, 6.45) is 3.75. The smallest absolute Gasteiger partial charge is 0.190 e. The zero-order valence-electron chi connectivity index (χ0n) is 10.6. The van der Waals surface area contributed by atoms with Crippen molar-refractivity contribution in [3.05, 3.63) is 20.8 Å². The van der Waals surface area contributed by atoms with Crippen molar-refractivity contribution < 1.29 is 0 Å². The summed E-state index contributed by atoms with van der Waals surface area (Å²) in [6.45, 7) is 0.809. The van der Waals surface area contributed by atoms with Crippen molar-refractivity contribution in [1.29, 1.82) is 0 Å². The number of halogens is 2. The van der Waals surface area contributed by atoms with Crippen molar-refractivity contribution in [1.82, 2.24) is 4.90 Å². The van der Waals surface area contributed by atoms with E-state index in [0.717, 1.165) is 6.54 Å². The third kappa shape index (κ3) is 3.27. The third-order valence-corrected chi connectivity index (χ3v) is 5.28. The number of nitrogens with two attached hydrogens (primary N) is 1. The highest BCUT2D eigenvalue weighted by Crippen LogP contribution is 2.47. The Labute approximate surface area is 131 Å². The first kappa shape index (κ1) is 16.0. The van der Waals surface area contributed by atoms with Gasteiger partial charge in [-0.2, -0.15) is 0 Å². The molecule has 0 unspecified atom stereocenters. The zero-order chi connectivity index (χ0) is 12.5. The molecule has 0 atom stereocenters. The van der Waals surface area contributed by atoms with Gasteiger partial charge in [0, 0.05) is 24.4 Å². The van der Waals surface area contributed by atoms with E-state index in [1.54, 1.807) is 0 Å². The number of guanidine groups is 1. The van der Waals surface area contributed by atoms with Gasteiger partial charge in [-0.25, -0.2) is 0 Å². The summed E-state index contributed by atoms with van der Waals surface area (Å²) >= 11 is 5.35. The molecule has 2 N–H and O–H groups in total. The van der Waals surface area contributed by atoms with Crippen LogP contribution in [0.4, 0.5) is 0 Å². The van der Waals surface area contributed by atoms with E-state index in [2.05, 4.69) is 33.1 Å². The van der Waals surface area contributed by atoms with E-state index < -0.39 is 0 Å². The number of aliphatic imine (C=N–C) groups is 1. The lowest BCUT2D eigenvalue weighted by Gasteiger charge is -2.40. The van der Waals surface area contributed by atoms with E-state index in [0.29, 0.717) is 5.96 Å². The normalized spacial score (nSPS) is 17.8. The number of hydrogen-bond donors (Lipinski definition) is 1. The van der Waals surface area contributed by atoms with E-state index in [-0.39, 0.29) is 22.4 Å². The predicted molar refractivity (Wildman–Crippen MR) is 88.0 cm³/mol. The van der Waals surface area contributed by atoms with Gasteiger partial charge in [0.05, 0.1) is 10.3 Å². The summed E-state index contributed by atoms with van der Waals surface area (Å²) in [7, 11) is 3.85. The summed E-state index contributed by atoms with van der Waals surface area (Å²) < 4.78 is 1.20. The molecular weight excluding hydrogens is 378 g/mol. The maximum Gasteiger partial charge on any atom is 0.190 e. The van der Waals surface area contributed by atoms with Crippen LogP contribution in [0.15, 0.2) is 20.9 Å². The first-order valence-electron chi connectivity index (χ1n) is 5.77. The Balaban J connectivity index is 0.00000162. The molecule has 2 rings (SSSR count). The van der Waals surface area contributed by atoms with Crippen LogP contribution >= 0.6 is 44.2 Å². The molecule has 0 radical (unpaired) electrons. The highest BCUT2D eigenvalue weighted by Gasteiger charge is 2.39. The summed E-state index contributed by atoms with van der Waals surface area (Å²) in [5, 5.41) is 0. The van der Waals surface area contributed by atoms with Crippen LogP contribution in [0.1, 0.15) is 24.1 Å². The fourth-order valence-corrected chi connectivity index (χ4v) is 3.68. The lowest BCUT2D eigenvalue weighted by Crippen LogP contribution is -2.39. The van der Waals surface area contributed by atoms with Crippen LogP contribution in [0.2, 0.25) is 0 Å². The minimum atomic E-state index is 0. The molecule has 1 aromatic rings. The van der Waals surface area contributed by atoms with Crippen LogP contribution in [0.25, 0.3) is 0 Å². The molecule has 1 aliphatic rings. The number of nitrogens with zero attached hydrogens (tertiary/aromatic N) is 2. The molecule has 1 aromatic heterocycles. The summed E-state index contributed by atoms with van der Waals surface area (Å²) in [5.74, 6) is 0.617. The Kier molecular flexibility index (Phi) is 5.67. The number of rotatable bonds is 3. The summed E-state index contributed by atoms with van der Waals surface area (Å²) in [6, 6.07) is 4.34. The van der Waals surface area contributed by atoms with Gasteiger partial charge in [0.2, 0.25) is 0 Å². The first-order chi connectivity index (χ1) is 8.03. The highest BCUT2D eigenvalue weighted by atomic mass is 79.9. The second kappa shape index (κ2) is 6.39. The second-order valence-corrected chi connectivity index (χ2v) is 7.27. The van der Waals surface area contributed by atoms with E-state index in [1.165, 1.54) is 27.9 Å². The van der Waals surface area contributed by atoms with Gasteiger partial charge in [0.25, 0.3) is 0 Å². The summed E-state index contributed by atoms with van der Waals surface area (Å²) in [4.78, 5) is 7.81. The largest absolute Gasteiger partial charge is 0.370 e. The number of hydrogen-bond acceptors (Lipinski definition) is 2. The first-order valence-corrected chi connectivity index (χ1v) is 7.37. The van der Waals surface area contributed by atoms with Crippen LogP contribution in [0.5, 0.6) is 0 Å². The topological polar surface area (TPSA) is 41.6 Å². The van der Waals surface area contributed by atoms with Gasteiger partial charge in [-0.3, -0.25) is 4.99 Å². The van der Waals surface area contributed by atoms with Crippen LogP contribution in [0, 0.1) is 0 Å². The minimum Gasteiger partial charge on any atom is -0.370 e. The molecule has 3 nitrogen and oxygen atoms in total. The van der Waals surface area contributed by atoms with Gasteiger partial charge < -0.3 is 10.6 Å². The maximum atomic E-state index is 5.86. The van der Waals surface area contributed by atoms with Crippen molar-refractivity contribution in [2.75, 3.05) is 20.6 Å². The molecule has 0 saturated heterocycles. The molecule has 1 fully saturated rings. The fraction of sp³-hybridized carbons (Fsp3) is 0.583. The molecule has 6 heteroatoms. The molecule has 0 aliphatic heterocycles. The van der Waals surface area contributed by atoms with E-state index in [1.807, 2.05) is 30.3 Å². The molecule has 18 heavy (non-hydrogen) atoms. The highest BCUT2D eigenvalue weighted by molar-refractivity contribution is 9.11. The lowest BCUT2D eigenvalue weighted by molar-refractivity contribution is 0.258. The molecule has 0 spiro atoms. The van der Waals surface area contributed by atoms with Gasteiger partial charge in [-0.1, -0.05) is 6.42 Å². The number of thiophene rings is 1. The SMILES string of the molecule is Br.CN(C)C(N)=NCC1(c2ccc(Br)s2)CCC1. The van der Waals surface area contributed by atoms with E-state index >= 15 is 0 Å². The Bertz CT molecular complexity index is 425. The molecule has 1 saturated carbocycles. The predicted octanol–water partition coefficient (Wildman–Crippen LogP) is 3.39. The van der Waals surface area contributed by atoms with Crippen molar-refractivity contribution in [3.8, 4) is 0 Å². The monoisotopic (exact) mass is 395 g/mol. The van der Waals surface area contributed by atoms with Crippen LogP contribution in [0.3, 0.4) is 0 Å². The zero-order valence-corrected chi connectivity index (χ0v) is 14.8. The molecule has 0 amide bonds. The van der Waals surface area contributed by atoms with Crippen molar-refractivity contribution in [2.24, 2.45) is 10.7 Å². The van der Waals surface area contributed by atoms with Gasteiger partial charge in [-0.15, -0.1) is 28.3 Å². The Hall–Kier alpha value is -0.0700. The van der Waals surface area contributed by atoms with Crippen molar-refractivity contribution in [2.45, 2.75) is 24.7 Å². The van der Waals surface area contributed by atoms with Gasteiger partial charge in [-0.05, 0) is 40.9 Å². The van der Waals surface area contributed by atoms with Crippen LogP contribution in [-0.2, 0) is 5.41 Å². The Morgan fingerprint density at radius 1 is 1.50 bits per heavy atom. The average molecular weight is 397 g/mol. The molecule has 1 heterocycles. The lowest BCUT2D eigenvalue weighted by atomic mass is 9.68. The molecule has 0 bridgehead atoms. The van der Waals surface area contributed by atoms with Gasteiger partial charge >= 0.3 is 0 Å². The van der Waals surface area contributed by atoms with Gasteiger partial charge in [0.15, 0.2) is 5.96 Å². The maximum absolute atomic E-state index is 5.86. The van der Waals surface area contributed by atoms with Gasteiger partial charge in [0.1, 0.15) is 0 Å². The Morgan fingerprint density at radius 3 is 2.56 bits per heavy atom. The molecular formula is C12H19Br2N3S. The minimum absolute atomic E-state index is 0. The fourth-order valence-electron chi connectivity index (χ4n) is 2.06. The standard InChI is InChI=1S/C12H18BrN3S.BrH/c1-16(2)11(14)15-8-12(6-3-7-12)9-4-5-10(13)17-9;/h4-5H,3,6-8H2,1-2H3,(H2,14,15);1H. The van der Waals surface area contributed by atoms with Crippen LogP contribution in [-0.4, -0.2) is 31.5 Å². The molecule has 102 valence electrons. The van der Waals surface area contributed by atoms with E-state index in [9.17, 15) is 0 Å². The van der Waals surface area contributed by atoms with E-state index in [4.69, 9.17) is 5.73 Å². The average Bonchev–Trinajstić information content (AvgIpc) is 2.63. The molecule has 1 aliphatic carbocycles. The second-order valence-electron chi connectivity index (χ2n) is 4.81. The third-order valence-electron chi connectivity index (χ3n) is 3.41. The van der Waals surface area contributed by atoms with Crippen LogP contribution < -0.4 is 5.73 Å². The van der Waals surface area contributed by atoms with Crippen molar-refractivity contribution >= 4 is 50.2 Å².